The molecule has 0 saturated heterocycles. The first kappa shape index (κ1) is 16.9. The van der Waals surface area contributed by atoms with Crippen molar-refractivity contribution >= 4 is 5.97 Å². The molecule has 23 heavy (non-hydrogen) atoms. The van der Waals surface area contributed by atoms with Crippen LogP contribution in [0.25, 0.3) is 11.1 Å². The first-order valence-electron chi connectivity index (χ1n) is 7.36. The third kappa shape index (κ3) is 3.02. The summed E-state index contributed by atoms with van der Waals surface area (Å²) in [6.07, 6.45) is 0. The molecule has 0 spiro atoms. The first-order valence-corrected chi connectivity index (χ1v) is 7.36. The van der Waals surface area contributed by atoms with Gasteiger partial charge in [0.15, 0.2) is 0 Å². The Morgan fingerprint density at radius 2 is 1.57 bits per heavy atom. The summed E-state index contributed by atoms with van der Waals surface area (Å²) in [5, 5.41) is 0. The van der Waals surface area contributed by atoms with E-state index in [2.05, 4.69) is 0 Å². The third-order valence-electron chi connectivity index (χ3n) is 3.95. The Morgan fingerprint density at radius 3 is 2.09 bits per heavy atom. The normalized spacial score (nSPS) is 11.0. The van der Waals surface area contributed by atoms with Crippen LogP contribution in [0.2, 0.25) is 0 Å². The van der Waals surface area contributed by atoms with Gasteiger partial charge in [0.05, 0.1) is 32.3 Å². The van der Waals surface area contributed by atoms with Crippen LogP contribution in [0, 0.1) is 0 Å². The summed E-state index contributed by atoms with van der Waals surface area (Å²) in [5.41, 5.74) is 1.68. The standard InChI is InChI=1S/C19H22O4/c1-19(2,18(20)23-5)16-15(21-3)12-11-14(17(16)22-4)13-9-7-6-8-10-13/h6-12H,1-5H3. The number of methoxy groups -OCH3 is 3. The molecular weight excluding hydrogens is 292 g/mol. The lowest BCUT2D eigenvalue weighted by atomic mass is 9.81. The van der Waals surface area contributed by atoms with Crippen molar-refractivity contribution in [1.29, 1.82) is 0 Å². The Bertz CT molecular complexity index is 690. The predicted octanol–water partition coefficient (Wildman–Crippen LogP) is 3.82. The van der Waals surface area contributed by atoms with Gasteiger partial charge in [-0.25, -0.2) is 0 Å². The Kier molecular flexibility index (Phi) is 4.94. The molecule has 2 aromatic rings. The van der Waals surface area contributed by atoms with Gasteiger partial charge in [-0.1, -0.05) is 30.3 Å². The van der Waals surface area contributed by atoms with Gasteiger partial charge in [0.2, 0.25) is 0 Å². The Balaban J connectivity index is 2.76. The number of esters is 1. The van der Waals surface area contributed by atoms with Gasteiger partial charge in [0, 0.05) is 5.56 Å². The summed E-state index contributed by atoms with van der Waals surface area (Å²) in [5.74, 6) is 0.863. The van der Waals surface area contributed by atoms with Crippen molar-refractivity contribution in [2.24, 2.45) is 0 Å². The van der Waals surface area contributed by atoms with Crippen molar-refractivity contribution in [3.05, 3.63) is 48.0 Å². The van der Waals surface area contributed by atoms with E-state index in [4.69, 9.17) is 14.2 Å². The highest BCUT2D eigenvalue weighted by Crippen LogP contribution is 2.45. The maximum absolute atomic E-state index is 12.3. The van der Waals surface area contributed by atoms with Gasteiger partial charge in [0.25, 0.3) is 0 Å². The number of rotatable bonds is 5. The highest BCUT2D eigenvalue weighted by Gasteiger charge is 2.37. The van der Waals surface area contributed by atoms with E-state index >= 15 is 0 Å². The molecule has 0 aliphatic heterocycles. The molecule has 0 saturated carbocycles. The van der Waals surface area contributed by atoms with E-state index in [0.29, 0.717) is 17.1 Å². The van der Waals surface area contributed by atoms with Crippen molar-refractivity contribution in [3.63, 3.8) is 0 Å². The van der Waals surface area contributed by atoms with E-state index in [0.717, 1.165) is 11.1 Å². The largest absolute Gasteiger partial charge is 0.496 e. The van der Waals surface area contributed by atoms with Gasteiger partial charge >= 0.3 is 5.97 Å². The maximum atomic E-state index is 12.3. The molecule has 0 aliphatic rings. The molecule has 0 amide bonds. The third-order valence-corrected chi connectivity index (χ3v) is 3.95. The van der Waals surface area contributed by atoms with Crippen molar-refractivity contribution in [1.82, 2.24) is 0 Å². The minimum atomic E-state index is -0.907. The van der Waals surface area contributed by atoms with E-state index in [1.165, 1.54) is 7.11 Å². The van der Waals surface area contributed by atoms with E-state index in [1.54, 1.807) is 28.1 Å². The molecule has 0 unspecified atom stereocenters. The van der Waals surface area contributed by atoms with E-state index in [-0.39, 0.29) is 5.97 Å². The molecule has 0 atom stereocenters. The van der Waals surface area contributed by atoms with Crippen LogP contribution in [0.3, 0.4) is 0 Å². The lowest BCUT2D eigenvalue weighted by Gasteiger charge is -2.27. The quantitative estimate of drug-likeness (QED) is 0.787. The molecule has 0 N–H and O–H groups in total. The van der Waals surface area contributed by atoms with Crippen molar-refractivity contribution in [2.45, 2.75) is 19.3 Å². The van der Waals surface area contributed by atoms with Crippen molar-refractivity contribution < 1.29 is 19.0 Å². The maximum Gasteiger partial charge on any atom is 0.315 e. The fourth-order valence-electron chi connectivity index (χ4n) is 2.74. The zero-order valence-electron chi connectivity index (χ0n) is 14.2. The number of carbonyl (C=O) groups excluding carboxylic acids is 1. The minimum absolute atomic E-state index is 0.348. The molecular formula is C19H22O4. The molecule has 4 heteroatoms. The Labute approximate surface area is 137 Å². The van der Waals surface area contributed by atoms with Gasteiger partial charge in [-0.2, -0.15) is 0 Å². The Hall–Kier alpha value is -2.49. The fourth-order valence-corrected chi connectivity index (χ4v) is 2.74. The molecule has 0 heterocycles. The average molecular weight is 314 g/mol. The molecule has 4 nitrogen and oxygen atoms in total. The second kappa shape index (κ2) is 6.73. The molecule has 0 aromatic heterocycles. The highest BCUT2D eigenvalue weighted by molar-refractivity contribution is 5.87. The van der Waals surface area contributed by atoms with Crippen LogP contribution >= 0.6 is 0 Å². The monoisotopic (exact) mass is 314 g/mol. The average Bonchev–Trinajstić information content (AvgIpc) is 2.60. The molecule has 0 aliphatic carbocycles. The first-order chi connectivity index (χ1) is 11.0. The molecule has 0 fully saturated rings. The summed E-state index contributed by atoms with van der Waals surface area (Å²) >= 11 is 0. The molecule has 122 valence electrons. The lowest BCUT2D eigenvalue weighted by Crippen LogP contribution is -2.31. The summed E-state index contributed by atoms with van der Waals surface area (Å²) in [6.45, 7) is 3.60. The zero-order valence-corrected chi connectivity index (χ0v) is 14.2. The van der Waals surface area contributed by atoms with Gasteiger partial charge in [-0.15, -0.1) is 0 Å². The highest BCUT2D eigenvalue weighted by atomic mass is 16.5. The van der Waals surface area contributed by atoms with Crippen molar-refractivity contribution in [2.75, 3.05) is 21.3 Å². The van der Waals surface area contributed by atoms with Gasteiger partial charge < -0.3 is 14.2 Å². The van der Waals surface area contributed by atoms with Crippen LogP contribution in [0.5, 0.6) is 11.5 Å². The summed E-state index contributed by atoms with van der Waals surface area (Å²) in [6, 6.07) is 13.7. The van der Waals surface area contributed by atoms with Crippen LogP contribution < -0.4 is 9.47 Å². The minimum Gasteiger partial charge on any atom is -0.496 e. The second-order valence-electron chi connectivity index (χ2n) is 5.71. The smallest absolute Gasteiger partial charge is 0.315 e. The number of ether oxygens (including phenoxy) is 3. The predicted molar refractivity (Wildman–Crippen MR) is 90.0 cm³/mol. The van der Waals surface area contributed by atoms with E-state index in [9.17, 15) is 4.79 Å². The van der Waals surface area contributed by atoms with Gasteiger partial charge in [0.1, 0.15) is 11.5 Å². The van der Waals surface area contributed by atoms with E-state index in [1.807, 2.05) is 42.5 Å². The molecule has 2 aromatic carbocycles. The lowest BCUT2D eigenvalue weighted by molar-refractivity contribution is -0.146. The van der Waals surface area contributed by atoms with Crippen LogP contribution in [0.4, 0.5) is 0 Å². The Morgan fingerprint density at radius 1 is 0.913 bits per heavy atom. The number of benzene rings is 2. The number of hydrogen-bond donors (Lipinski definition) is 0. The molecule has 2 rings (SSSR count). The number of hydrogen-bond acceptors (Lipinski definition) is 4. The van der Waals surface area contributed by atoms with Gasteiger partial charge in [-0.05, 0) is 31.5 Å². The van der Waals surface area contributed by atoms with Crippen LogP contribution in [-0.4, -0.2) is 27.3 Å². The molecule has 0 bridgehead atoms. The van der Waals surface area contributed by atoms with Crippen LogP contribution in [0.15, 0.2) is 42.5 Å². The molecule has 0 radical (unpaired) electrons. The number of carbonyl (C=O) groups is 1. The second-order valence-corrected chi connectivity index (χ2v) is 5.71. The summed E-state index contributed by atoms with van der Waals surface area (Å²) < 4.78 is 16.1. The van der Waals surface area contributed by atoms with Crippen LogP contribution in [-0.2, 0) is 14.9 Å². The SMILES string of the molecule is COC(=O)C(C)(C)c1c(OC)ccc(-c2ccccc2)c1OC. The zero-order chi connectivity index (χ0) is 17.0. The topological polar surface area (TPSA) is 44.8 Å². The van der Waals surface area contributed by atoms with E-state index < -0.39 is 5.41 Å². The summed E-state index contributed by atoms with van der Waals surface area (Å²) in [7, 11) is 4.55. The fraction of sp³-hybridized carbons (Fsp3) is 0.316. The van der Waals surface area contributed by atoms with Gasteiger partial charge in [-0.3, -0.25) is 4.79 Å². The van der Waals surface area contributed by atoms with Crippen molar-refractivity contribution in [3.8, 4) is 22.6 Å². The summed E-state index contributed by atoms with van der Waals surface area (Å²) in [4.78, 5) is 12.3. The van der Waals surface area contributed by atoms with Crippen LogP contribution in [0.1, 0.15) is 19.4 Å².